The van der Waals surface area contributed by atoms with Gasteiger partial charge < -0.3 is 10.2 Å². The molecule has 0 saturated carbocycles. The second kappa shape index (κ2) is 3.77. The Morgan fingerprint density at radius 2 is 2.42 bits per heavy atom. The fraction of sp³-hybridized carbons (Fsp3) is 0.286. The minimum Gasteiger partial charge on any atom is -0.481 e. The number of aliphatic carboxylic acids is 1. The minimum absolute atomic E-state index is 0.326. The summed E-state index contributed by atoms with van der Waals surface area (Å²) in [6.07, 6.45) is 1.33. The molecule has 0 aliphatic rings. The number of hydrogen-bond acceptors (Lipinski definition) is 4. The molecule has 0 aromatic carbocycles. The van der Waals surface area contributed by atoms with Crippen LogP contribution >= 0.6 is 0 Å². The highest BCUT2D eigenvalue weighted by atomic mass is 16.4. The lowest BCUT2D eigenvalue weighted by Gasteiger charge is -2.04. The maximum atomic E-state index is 10.2. The van der Waals surface area contributed by atoms with Crippen molar-refractivity contribution < 1.29 is 15.0 Å². The molecule has 1 aromatic rings. The molecule has 5 heteroatoms. The van der Waals surface area contributed by atoms with Gasteiger partial charge in [0.1, 0.15) is 12.4 Å². The van der Waals surface area contributed by atoms with E-state index in [-0.39, 0.29) is 6.42 Å². The molecule has 1 atom stereocenters. The number of aromatic nitrogens is 2. The van der Waals surface area contributed by atoms with Crippen LogP contribution in [0.15, 0.2) is 18.6 Å². The SMILES string of the molecule is O=C(O)C[C@H](O)c1ccncn1. The van der Waals surface area contributed by atoms with Crippen molar-refractivity contribution in [2.45, 2.75) is 12.5 Å². The number of carbonyl (C=O) groups is 1. The molecule has 1 aromatic heterocycles. The van der Waals surface area contributed by atoms with Gasteiger partial charge in [0.2, 0.25) is 0 Å². The van der Waals surface area contributed by atoms with Crippen LogP contribution in [-0.4, -0.2) is 26.2 Å². The van der Waals surface area contributed by atoms with Crippen molar-refractivity contribution >= 4 is 5.97 Å². The maximum Gasteiger partial charge on any atom is 0.306 e. The average Bonchev–Trinajstić information content (AvgIpc) is 2.05. The van der Waals surface area contributed by atoms with Gasteiger partial charge in [0.25, 0.3) is 0 Å². The van der Waals surface area contributed by atoms with Gasteiger partial charge in [-0.05, 0) is 6.07 Å². The summed E-state index contributed by atoms with van der Waals surface area (Å²) in [7, 11) is 0. The number of rotatable bonds is 3. The van der Waals surface area contributed by atoms with Crippen molar-refractivity contribution in [1.29, 1.82) is 0 Å². The number of carboxylic acids is 1. The molecule has 5 nitrogen and oxygen atoms in total. The first kappa shape index (κ1) is 8.61. The van der Waals surface area contributed by atoms with E-state index in [0.29, 0.717) is 5.69 Å². The van der Waals surface area contributed by atoms with Crippen LogP contribution in [0.1, 0.15) is 18.2 Å². The first-order valence-electron chi connectivity index (χ1n) is 3.36. The van der Waals surface area contributed by atoms with Gasteiger partial charge in [-0.15, -0.1) is 0 Å². The number of nitrogens with zero attached hydrogens (tertiary/aromatic N) is 2. The average molecular weight is 168 g/mol. The number of aliphatic hydroxyl groups excluding tert-OH is 1. The van der Waals surface area contributed by atoms with E-state index >= 15 is 0 Å². The van der Waals surface area contributed by atoms with Gasteiger partial charge >= 0.3 is 5.97 Å². The fourth-order valence-electron chi connectivity index (χ4n) is 0.768. The summed E-state index contributed by atoms with van der Waals surface area (Å²) in [5.41, 5.74) is 0.326. The largest absolute Gasteiger partial charge is 0.481 e. The van der Waals surface area contributed by atoms with Crippen LogP contribution in [0.4, 0.5) is 0 Å². The summed E-state index contributed by atoms with van der Waals surface area (Å²) >= 11 is 0. The van der Waals surface area contributed by atoms with Crippen molar-refractivity contribution in [2.24, 2.45) is 0 Å². The molecule has 0 aliphatic carbocycles. The van der Waals surface area contributed by atoms with Gasteiger partial charge in [0, 0.05) is 6.20 Å². The van der Waals surface area contributed by atoms with Crippen LogP contribution in [-0.2, 0) is 4.79 Å². The van der Waals surface area contributed by atoms with Crippen LogP contribution in [0, 0.1) is 0 Å². The van der Waals surface area contributed by atoms with Crippen molar-refractivity contribution in [3.63, 3.8) is 0 Å². The number of hydrogen-bond donors (Lipinski definition) is 2. The van der Waals surface area contributed by atoms with Crippen LogP contribution in [0.25, 0.3) is 0 Å². The summed E-state index contributed by atoms with van der Waals surface area (Å²) < 4.78 is 0. The lowest BCUT2D eigenvalue weighted by Crippen LogP contribution is -2.06. The van der Waals surface area contributed by atoms with Crippen molar-refractivity contribution in [2.75, 3.05) is 0 Å². The lowest BCUT2D eigenvalue weighted by atomic mass is 10.2. The van der Waals surface area contributed by atoms with Crippen LogP contribution in [0.3, 0.4) is 0 Å². The van der Waals surface area contributed by atoms with Crippen molar-refractivity contribution in [3.05, 3.63) is 24.3 Å². The monoisotopic (exact) mass is 168 g/mol. The Labute approximate surface area is 68.7 Å². The smallest absolute Gasteiger partial charge is 0.306 e. The normalized spacial score (nSPS) is 12.4. The molecule has 0 amide bonds. The quantitative estimate of drug-likeness (QED) is 0.662. The first-order valence-corrected chi connectivity index (χ1v) is 3.36. The second-order valence-corrected chi connectivity index (χ2v) is 2.25. The van der Waals surface area contributed by atoms with Crippen LogP contribution in [0.5, 0.6) is 0 Å². The second-order valence-electron chi connectivity index (χ2n) is 2.25. The van der Waals surface area contributed by atoms with E-state index in [2.05, 4.69) is 9.97 Å². The van der Waals surface area contributed by atoms with Gasteiger partial charge in [0.05, 0.1) is 12.1 Å². The zero-order valence-corrected chi connectivity index (χ0v) is 6.21. The third-order valence-corrected chi connectivity index (χ3v) is 1.31. The fourth-order valence-corrected chi connectivity index (χ4v) is 0.768. The van der Waals surface area contributed by atoms with E-state index in [9.17, 15) is 9.90 Å². The molecule has 0 radical (unpaired) electrons. The third kappa shape index (κ3) is 2.28. The van der Waals surface area contributed by atoms with E-state index in [4.69, 9.17) is 5.11 Å². The van der Waals surface area contributed by atoms with Crippen molar-refractivity contribution in [1.82, 2.24) is 9.97 Å². The molecule has 0 saturated heterocycles. The highest BCUT2D eigenvalue weighted by molar-refractivity contribution is 5.67. The summed E-state index contributed by atoms with van der Waals surface area (Å²) in [5, 5.41) is 17.6. The summed E-state index contributed by atoms with van der Waals surface area (Å²) in [6, 6.07) is 1.48. The van der Waals surface area contributed by atoms with Crippen LogP contribution < -0.4 is 0 Å². The van der Waals surface area contributed by atoms with Gasteiger partial charge in [-0.3, -0.25) is 4.79 Å². The highest BCUT2D eigenvalue weighted by Gasteiger charge is 2.12. The third-order valence-electron chi connectivity index (χ3n) is 1.31. The topological polar surface area (TPSA) is 83.3 Å². The lowest BCUT2D eigenvalue weighted by molar-refractivity contribution is -0.139. The molecule has 1 rings (SSSR count). The summed E-state index contributed by atoms with van der Waals surface area (Å²) in [4.78, 5) is 17.5. The zero-order valence-electron chi connectivity index (χ0n) is 6.21. The Balaban J connectivity index is 2.65. The molecular formula is C7H8N2O3. The van der Waals surface area contributed by atoms with E-state index in [1.165, 1.54) is 18.6 Å². The molecule has 64 valence electrons. The molecule has 0 unspecified atom stereocenters. The van der Waals surface area contributed by atoms with Crippen LogP contribution in [0.2, 0.25) is 0 Å². The molecule has 0 bridgehead atoms. The van der Waals surface area contributed by atoms with Gasteiger partial charge in [-0.2, -0.15) is 0 Å². The predicted molar refractivity (Wildman–Crippen MR) is 39.2 cm³/mol. The molecule has 1 heterocycles. The number of aliphatic hydroxyl groups is 1. The highest BCUT2D eigenvalue weighted by Crippen LogP contribution is 2.11. The standard InChI is InChI=1S/C7H8N2O3/c10-6(3-7(11)12)5-1-2-8-4-9-5/h1-2,4,6,10H,3H2,(H,11,12)/t6-/m0/s1. The Bertz CT molecular complexity index is 263. The Morgan fingerprint density at radius 1 is 1.67 bits per heavy atom. The molecule has 0 aliphatic heterocycles. The molecule has 12 heavy (non-hydrogen) atoms. The molecular weight excluding hydrogens is 160 g/mol. The molecule has 0 fully saturated rings. The van der Waals surface area contributed by atoms with E-state index in [1.807, 2.05) is 0 Å². The van der Waals surface area contributed by atoms with E-state index in [0.717, 1.165) is 0 Å². The van der Waals surface area contributed by atoms with Gasteiger partial charge in [-0.1, -0.05) is 0 Å². The molecule has 0 spiro atoms. The summed E-state index contributed by atoms with van der Waals surface area (Å²) in [5.74, 6) is -1.05. The predicted octanol–water partition coefficient (Wildman–Crippen LogP) is -0.0153. The Morgan fingerprint density at radius 3 is 2.92 bits per heavy atom. The van der Waals surface area contributed by atoms with Gasteiger partial charge in [0.15, 0.2) is 0 Å². The first-order chi connectivity index (χ1) is 5.70. The number of carboxylic acid groups (broad SMARTS) is 1. The van der Waals surface area contributed by atoms with E-state index in [1.54, 1.807) is 0 Å². The molecule has 2 N–H and O–H groups in total. The Hall–Kier alpha value is -1.49. The van der Waals surface area contributed by atoms with Gasteiger partial charge in [-0.25, -0.2) is 9.97 Å². The maximum absolute atomic E-state index is 10.2. The Kier molecular flexibility index (Phi) is 2.71. The zero-order chi connectivity index (χ0) is 8.97. The minimum atomic E-state index is -1.05. The van der Waals surface area contributed by atoms with Crippen molar-refractivity contribution in [3.8, 4) is 0 Å². The van der Waals surface area contributed by atoms with E-state index < -0.39 is 12.1 Å². The summed E-state index contributed by atoms with van der Waals surface area (Å²) in [6.45, 7) is 0.